The Balaban J connectivity index is 2.45. The Labute approximate surface area is 153 Å². The lowest BCUT2D eigenvalue weighted by atomic mass is 10.0. The van der Waals surface area contributed by atoms with Crippen LogP contribution in [0.2, 0.25) is 0 Å². The number of nitro groups is 1. The summed E-state index contributed by atoms with van der Waals surface area (Å²) in [5, 5.41) is 20.2. The predicted octanol–water partition coefficient (Wildman–Crippen LogP) is 4.83. The molecule has 2 aromatic carbocycles. The second-order valence-corrected chi connectivity index (χ2v) is 5.80. The Hall–Kier alpha value is -2.85. The van der Waals surface area contributed by atoms with E-state index in [4.69, 9.17) is 9.47 Å². The number of nitrogens with zero attached hydrogens (tertiary/aromatic N) is 2. The Kier molecular flexibility index (Phi) is 6.14. The summed E-state index contributed by atoms with van der Waals surface area (Å²) in [6.45, 7) is 2.34. The van der Waals surface area contributed by atoms with E-state index >= 15 is 0 Å². The Morgan fingerprint density at radius 3 is 2.56 bits per heavy atom. The molecule has 0 unspecified atom stereocenters. The quantitative estimate of drug-likeness (QED) is 0.299. The molecule has 0 saturated heterocycles. The van der Waals surface area contributed by atoms with Crippen molar-refractivity contribution in [1.29, 1.82) is 5.26 Å². The molecule has 0 atom stereocenters. The normalized spacial score (nSPS) is 10.9. The van der Waals surface area contributed by atoms with E-state index in [0.717, 1.165) is 5.56 Å². The van der Waals surface area contributed by atoms with Gasteiger partial charge in [0.25, 0.3) is 5.69 Å². The Bertz CT molecular complexity index is 855. The van der Waals surface area contributed by atoms with Crippen molar-refractivity contribution in [3.8, 4) is 17.6 Å². The number of benzene rings is 2. The van der Waals surface area contributed by atoms with Crippen LogP contribution in [0, 0.1) is 21.4 Å². The van der Waals surface area contributed by atoms with Gasteiger partial charge in [-0.05, 0) is 64.3 Å². The molecule has 0 fully saturated rings. The Morgan fingerprint density at radius 1 is 1.36 bits per heavy atom. The highest BCUT2D eigenvalue weighted by Crippen LogP contribution is 2.37. The summed E-state index contributed by atoms with van der Waals surface area (Å²) in [6.07, 6.45) is 1.69. The smallest absolute Gasteiger partial charge is 0.269 e. The molecule has 0 aliphatic heterocycles. The minimum absolute atomic E-state index is 0.0214. The number of hydrogen-bond acceptors (Lipinski definition) is 5. The molecule has 0 bridgehead atoms. The zero-order valence-corrected chi connectivity index (χ0v) is 15.2. The van der Waals surface area contributed by atoms with E-state index in [2.05, 4.69) is 22.0 Å². The molecule has 0 aromatic heterocycles. The van der Waals surface area contributed by atoms with Crippen LogP contribution in [0.15, 0.2) is 40.9 Å². The summed E-state index contributed by atoms with van der Waals surface area (Å²) in [5.41, 5.74) is 1.70. The maximum absolute atomic E-state index is 10.7. The van der Waals surface area contributed by atoms with Crippen molar-refractivity contribution >= 4 is 33.3 Å². The first-order chi connectivity index (χ1) is 12.0. The number of nitro benzene ring substituents is 1. The van der Waals surface area contributed by atoms with Gasteiger partial charge < -0.3 is 9.47 Å². The fraction of sp³-hybridized carbons (Fsp3) is 0.167. The number of methoxy groups -OCH3 is 1. The van der Waals surface area contributed by atoms with Crippen LogP contribution >= 0.6 is 15.9 Å². The lowest BCUT2D eigenvalue weighted by Gasteiger charge is -2.12. The molecule has 0 saturated carbocycles. The molecule has 0 radical (unpaired) electrons. The molecule has 0 heterocycles. The van der Waals surface area contributed by atoms with Gasteiger partial charge in [0.1, 0.15) is 0 Å². The number of halogens is 1. The third kappa shape index (κ3) is 4.37. The molecule has 128 valence electrons. The minimum atomic E-state index is -0.478. The van der Waals surface area contributed by atoms with Crippen molar-refractivity contribution in [3.63, 3.8) is 0 Å². The topological polar surface area (TPSA) is 85.4 Å². The molecular weight excluding hydrogens is 388 g/mol. The fourth-order valence-electron chi connectivity index (χ4n) is 2.24. The molecule has 7 heteroatoms. The van der Waals surface area contributed by atoms with E-state index in [9.17, 15) is 15.4 Å². The van der Waals surface area contributed by atoms with Crippen LogP contribution in [0.5, 0.6) is 11.5 Å². The summed E-state index contributed by atoms with van der Waals surface area (Å²) >= 11 is 3.43. The van der Waals surface area contributed by atoms with Crippen LogP contribution in [0.25, 0.3) is 11.6 Å². The second kappa shape index (κ2) is 8.31. The van der Waals surface area contributed by atoms with Gasteiger partial charge in [-0.1, -0.05) is 0 Å². The fourth-order valence-corrected chi connectivity index (χ4v) is 2.86. The van der Waals surface area contributed by atoms with Gasteiger partial charge >= 0.3 is 0 Å². The van der Waals surface area contributed by atoms with E-state index in [-0.39, 0.29) is 5.69 Å². The first-order valence-corrected chi connectivity index (χ1v) is 8.16. The highest BCUT2D eigenvalue weighted by Gasteiger charge is 2.12. The molecule has 6 nitrogen and oxygen atoms in total. The number of nitriles is 1. The monoisotopic (exact) mass is 402 g/mol. The summed E-state index contributed by atoms with van der Waals surface area (Å²) < 4.78 is 11.6. The van der Waals surface area contributed by atoms with Gasteiger partial charge in [-0.3, -0.25) is 10.1 Å². The van der Waals surface area contributed by atoms with E-state index in [1.54, 1.807) is 31.4 Å². The van der Waals surface area contributed by atoms with Crippen LogP contribution in [0.1, 0.15) is 18.1 Å². The number of non-ortho nitro benzene ring substituents is 1. The summed E-state index contributed by atoms with van der Waals surface area (Å²) in [7, 11) is 1.55. The number of rotatable bonds is 6. The molecular formula is C18H15BrN2O4. The van der Waals surface area contributed by atoms with Crippen LogP contribution < -0.4 is 9.47 Å². The van der Waals surface area contributed by atoms with Crippen molar-refractivity contribution in [2.45, 2.75) is 6.92 Å². The predicted molar refractivity (Wildman–Crippen MR) is 98.4 cm³/mol. The maximum atomic E-state index is 10.7. The van der Waals surface area contributed by atoms with Gasteiger partial charge in [-0.25, -0.2) is 0 Å². The maximum Gasteiger partial charge on any atom is 0.269 e. The van der Waals surface area contributed by atoms with Gasteiger partial charge in [0.2, 0.25) is 0 Å². The zero-order chi connectivity index (χ0) is 18.4. The van der Waals surface area contributed by atoms with E-state index in [1.807, 2.05) is 13.0 Å². The molecule has 25 heavy (non-hydrogen) atoms. The van der Waals surface area contributed by atoms with Crippen molar-refractivity contribution < 1.29 is 14.4 Å². The molecule has 0 spiro atoms. The third-order valence-corrected chi connectivity index (χ3v) is 3.95. The van der Waals surface area contributed by atoms with Crippen LogP contribution in [-0.2, 0) is 0 Å². The lowest BCUT2D eigenvalue weighted by Crippen LogP contribution is -1.97. The number of hydrogen-bond donors (Lipinski definition) is 0. The first kappa shape index (κ1) is 18.5. The van der Waals surface area contributed by atoms with Crippen LogP contribution in [-0.4, -0.2) is 18.6 Å². The van der Waals surface area contributed by atoms with Gasteiger partial charge in [-0.15, -0.1) is 0 Å². The van der Waals surface area contributed by atoms with Gasteiger partial charge in [0.15, 0.2) is 11.5 Å². The minimum Gasteiger partial charge on any atom is -0.492 e. The van der Waals surface area contributed by atoms with Crippen molar-refractivity contribution in [2.75, 3.05) is 13.7 Å². The zero-order valence-electron chi connectivity index (χ0n) is 13.7. The second-order valence-electron chi connectivity index (χ2n) is 4.94. The highest BCUT2D eigenvalue weighted by molar-refractivity contribution is 9.10. The van der Waals surface area contributed by atoms with E-state index in [0.29, 0.717) is 33.7 Å². The summed E-state index contributed by atoms with van der Waals surface area (Å²) in [5.74, 6) is 1.14. The molecule has 0 aliphatic carbocycles. The SMILES string of the molecule is CCOc1cc(/C=C(\C#N)c2ccc([N+](=O)[O-])cc2)cc(Br)c1OC. The largest absolute Gasteiger partial charge is 0.492 e. The molecule has 2 rings (SSSR count). The summed E-state index contributed by atoms with van der Waals surface area (Å²) in [6, 6.07) is 11.5. The standard InChI is InChI=1S/C18H15BrN2O4/c1-3-25-17-10-12(9-16(19)18(17)24-2)8-14(11-20)13-4-6-15(7-5-13)21(22)23/h4-10H,3H2,1-2H3/b14-8+. The Morgan fingerprint density at radius 2 is 2.04 bits per heavy atom. The van der Waals surface area contributed by atoms with E-state index < -0.39 is 4.92 Å². The number of ether oxygens (including phenoxy) is 2. The lowest BCUT2D eigenvalue weighted by molar-refractivity contribution is -0.384. The first-order valence-electron chi connectivity index (χ1n) is 7.37. The van der Waals surface area contributed by atoms with Crippen molar-refractivity contribution in [2.24, 2.45) is 0 Å². The summed E-state index contributed by atoms with van der Waals surface area (Å²) in [4.78, 5) is 10.3. The third-order valence-electron chi connectivity index (χ3n) is 3.36. The van der Waals surface area contributed by atoms with Crippen molar-refractivity contribution in [3.05, 3.63) is 62.1 Å². The van der Waals surface area contributed by atoms with E-state index in [1.165, 1.54) is 12.1 Å². The van der Waals surface area contributed by atoms with Crippen LogP contribution in [0.4, 0.5) is 5.69 Å². The number of allylic oxidation sites excluding steroid dienone is 1. The molecule has 0 amide bonds. The highest BCUT2D eigenvalue weighted by atomic mass is 79.9. The molecule has 2 aromatic rings. The average Bonchev–Trinajstić information content (AvgIpc) is 2.60. The van der Waals surface area contributed by atoms with Gasteiger partial charge in [-0.2, -0.15) is 5.26 Å². The molecule has 0 aliphatic rings. The van der Waals surface area contributed by atoms with Crippen molar-refractivity contribution in [1.82, 2.24) is 0 Å². The van der Waals surface area contributed by atoms with Gasteiger partial charge in [0.05, 0.1) is 34.8 Å². The van der Waals surface area contributed by atoms with Gasteiger partial charge in [0, 0.05) is 12.1 Å². The van der Waals surface area contributed by atoms with Crippen LogP contribution in [0.3, 0.4) is 0 Å². The average molecular weight is 403 g/mol. The molecule has 0 N–H and O–H groups in total.